The van der Waals surface area contributed by atoms with E-state index in [2.05, 4.69) is 217 Å². The van der Waals surface area contributed by atoms with E-state index in [1.54, 1.807) is 0 Å². The van der Waals surface area contributed by atoms with Crippen LogP contribution in [-0.4, -0.2) is 4.57 Å². The number of hydrogen-bond donors (Lipinski definition) is 0. The molecule has 4 heteroatoms. The van der Waals surface area contributed by atoms with Gasteiger partial charge < -0.3 is 9.47 Å². The first-order valence-electron chi connectivity index (χ1n) is 21.0. The van der Waals surface area contributed by atoms with Gasteiger partial charge in [-0.2, -0.15) is 0 Å². The predicted molar refractivity (Wildman–Crippen MR) is 264 cm³/mol. The highest BCUT2D eigenvalue weighted by Gasteiger charge is 2.35. The molecule has 1 aliphatic carbocycles. The number of thiophene rings is 2. The largest absolute Gasteiger partial charge is 0.309 e. The molecule has 288 valence electrons. The first-order chi connectivity index (χ1) is 30.0. The second-order valence-corrected chi connectivity index (χ2v) is 19.0. The van der Waals surface area contributed by atoms with Crippen LogP contribution in [0.25, 0.3) is 90.1 Å². The van der Waals surface area contributed by atoms with E-state index in [0.717, 1.165) is 11.4 Å². The van der Waals surface area contributed by atoms with Crippen LogP contribution >= 0.6 is 22.7 Å². The summed E-state index contributed by atoms with van der Waals surface area (Å²) in [6, 6.07) is 72.5. The number of fused-ring (bicyclic) bond motifs is 12. The molecule has 13 rings (SSSR count). The van der Waals surface area contributed by atoms with Gasteiger partial charge in [0, 0.05) is 68.9 Å². The summed E-state index contributed by atoms with van der Waals surface area (Å²) in [6.07, 6.45) is 0. The van der Waals surface area contributed by atoms with Crippen LogP contribution in [0.1, 0.15) is 25.0 Å². The van der Waals surface area contributed by atoms with E-state index in [4.69, 9.17) is 0 Å². The number of hydrogen-bond acceptors (Lipinski definition) is 3. The topological polar surface area (TPSA) is 8.17 Å². The highest BCUT2D eigenvalue weighted by Crippen LogP contribution is 2.52. The van der Waals surface area contributed by atoms with Crippen LogP contribution in [-0.2, 0) is 5.41 Å². The van der Waals surface area contributed by atoms with Crippen molar-refractivity contribution < 1.29 is 0 Å². The molecular formula is C57H38N2S2. The predicted octanol–water partition coefficient (Wildman–Crippen LogP) is 17.0. The van der Waals surface area contributed by atoms with Crippen LogP contribution in [0.4, 0.5) is 17.1 Å². The van der Waals surface area contributed by atoms with E-state index in [9.17, 15) is 0 Å². The third-order valence-corrected chi connectivity index (χ3v) is 15.5. The lowest BCUT2D eigenvalue weighted by molar-refractivity contribution is 0.660. The van der Waals surface area contributed by atoms with Crippen molar-refractivity contribution in [1.82, 2.24) is 4.57 Å². The molecule has 3 aromatic heterocycles. The lowest BCUT2D eigenvalue weighted by Gasteiger charge is -2.28. The summed E-state index contributed by atoms with van der Waals surface area (Å²) in [7, 11) is 0. The Morgan fingerprint density at radius 2 is 1.08 bits per heavy atom. The monoisotopic (exact) mass is 814 g/mol. The summed E-state index contributed by atoms with van der Waals surface area (Å²) < 4.78 is 7.68. The lowest BCUT2D eigenvalue weighted by atomic mass is 9.82. The minimum atomic E-state index is -0.0644. The van der Waals surface area contributed by atoms with Gasteiger partial charge in [-0.25, -0.2) is 0 Å². The molecule has 2 nitrogen and oxygen atoms in total. The maximum Gasteiger partial charge on any atom is 0.0646 e. The second kappa shape index (κ2) is 13.0. The van der Waals surface area contributed by atoms with Crippen LogP contribution in [0.3, 0.4) is 0 Å². The Morgan fingerprint density at radius 3 is 1.93 bits per heavy atom. The number of para-hydroxylation sites is 2. The zero-order valence-corrected chi connectivity index (χ0v) is 35.3. The SMILES string of the molecule is CC1(C)c2ccccc2-c2cc(N(c3ccccc3)c3cc(-c4ccc5c6ccccc6n(-c6ccc7sc8ccccc8c7c6)c5c4)cc4c3sc3ccccc34)ccc21. The van der Waals surface area contributed by atoms with Crippen molar-refractivity contribution in [3.8, 4) is 27.9 Å². The van der Waals surface area contributed by atoms with Crippen molar-refractivity contribution in [3.63, 3.8) is 0 Å². The molecular weight excluding hydrogens is 777 g/mol. The molecule has 9 aromatic carbocycles. The van der Waals surface area contributed by atoms with Crippen molar-refractivity contribution in [1.29, 1.82) is 0 Å². The molecule has 0 bridgehead atoms. The fourth-order valence-corrected chi connectivity index (χ4v) is 12.5. The van der Waals surface area contributed by atoms with Crippen molar-refractivity contribution >= 4 is 102 Å². The second-order valence-electron chi connectivity index (χ2n) is 16.9. The van der Waals surface area contributed by atoms with Gasteiger partial charge in [0.05, 0.1) is 21.4 Å². The number of anilines is 3. The molecule has 0 spiro atoms. The standard InChI is InChI=1S/C57H38N2S2/c1-57(2)48-20-10-6-16-40(48)45-33-38(25-28-49(45)57)58(37-14-4-3-5-15-37)52-32-36(30-47-44-19-9-13-23-54(44)61-56(47)52)35-24-27-42-41-17-7-11-21-50(41)59(51(42)31-35)39-26-29-55-46(34-39)43-18-8-12-22-53(43)60-55/h3-34H,1-2H3. The van der Waals surface area contributed by atoms with Gasteiger partial charge in [-0.05, 0) is 112 Å². The highest BCUT2D eigenvalue weighted by atomic mass is 32.1. The van der Waals surface area contributed by atoms with Gasteiger partial charge in [0.15, 0.2) is 0 Å². The fraction of sp³-hybridized carbons (Fsp3) is 0.0526. The van der Waals surface area contributed by atoms with E-state index in [1.165, 1.54) is 107 Å². The lowest BCUT2D eigenvalue weighted by Crippen LogP contribution is -2.15. The van der Waals surface area contributed by atoms with Crippen molar-refractivity contribution in [3.05, 3.63) is 205 Å². The average Bonchev–Trinajstić information content (AvgIpc) is 4.03. The molecule has 1 aliphatic rings. The first kappa shape index (κ1) is 34.8. The summed E-state index contributed by atoms with van der Waals surface area (Å²) in [5, 5.41) is 7.69. The van der Waals surface area contributed by atoms with E-state index in [0.29, 0.717) is 0 Å². The Balaban J connectivity index is 1.06. The molecule has 0 radical (unpaired) electrons. The Hall–Kier alpha value is -6.98. The summed E-state index contributed by atoms with van der Waals surface area (Å²) in [6.45, 7) is 4.71. The molecule has 3 heterocycles. The van der Waals surface area contributed by atoms with Gasteiger partial charge in [-0.1, -0.05) is 129 Å². The van der Waals surface area contributed by atoms with Gasteiger partial charge in [0.25, 0.3) is 0 Å². The summed E-state index contributed by atoms with van der Waals surface area (Å²) in [5.41, 5.74) is 14.8. The average molecular weight is 815 g/mol. The van der Waals surface area contributed by atoms with E-state index >= 15 is 0 Å². The molecule has 61 heavy (non-hydrogen) atoms. The van der Waals surface area contributed by atoms with Crippen molar-refractivity contribution in [2.24, 2.45) is 0 Å². The molecule has 0 N–H and O–H groups in total. The smallest absolute Gasteiger partial charge is 0.0646 e. The zero-order chi connectivity index (χ0) is 40.4. The van der Waals surface area contributed by atoms with Crippen LogP contribution in [0, 0.1) is 0 Å². The van der Waals surface area contributed by atoms with Crippen molar-refractivity contribution in [2.45, 2.75) is 19.3 Å². The van der Waals surface area contributed by atoms with Crippen LogP contribution in [0.5, 0.6) is 0 Å². The Labute approximate surface area is 361 Å². The van der Waals surface area contributed by atoms with Crippen LogP contribution in [0.2, 0.25) is 0 Å². The quantitative estimate of drug-likeness (QED) is 0.168. The Bertz CT molecular complexity index is 3750. The summed E-state index contributed by atoms with van der Waals surface area (Å²) in [5.74, 6) is 0. The Morgan fingerprint density at radius 1 is 0.410 bits per heavy atom. The molecule has 12 aromatic rings. The number of benzene rings is 9. The Kier molecular flexibility index (Phi) is 7.43. The van der Waals surface area contributed by atoms with Crippen LogP contribution < -0.4 is 4.90 Å². The first-order valence-corrected chi connectivity index (χ1v) is 22.6. The fourth-order valence-electron chi connectivity index (χ4n) is 10.3. The van der Waals surface area contributed by atoms with Gasteiger partial charge in [-0.3, -0.25) is 0 Å². The molecule has 0 amide bonds. The number of nitrogens with zero attached hydrogens (tertiary/aromatic N) is 2. The van der Waals surface area contributed by atoms with E-state index in [-0.39, 0.29) is 5.41 Å². The summed E-state index contributed by atoms with van der Waals surface area (Å²) in [4.78, 5) is 2.49. The van der Waals surface area contributed by atoms with Crippen LogP contribution in [0.15, 0.2) is 194 Å². The normalized spacial score (nSPS) is 13.2. The zero-order valence-electron chi connectivity index (χ0n) is 33.7. The highest BCUT2D eigenvalue weighted by molar-refractivity contribution is 7.26. The number of rotatable bonds is 5. The van der Waals surface area contributed by atoms with Gasteiger partial charge >= 0.3 is 0 Å². The summed E-state index contributed by atoms with van der Waals surface area (Å²) >= 11 is 3.75. The molecule has 0 saturated heterocycles. The van der Waals surface area contributed by atoms with Gasteiger partial charge in [0.2, 0.25) is 0 Å². The van der Waals surface area contributed by atoms with Gasteiger partial charge in [0.1, 0.15) is 0 Å². The minimum absolute atomic E-state index is 0.0644. The van der Waals surface area contributed by atoms with Crippen molar-refractivity contribution in [2.75, 3.05) is 4.90 Å². The maximum absolute atomic E-state index is 2.49. The minimum Gasteiger partial charge on any atom is -0.309 e. The number of aromatic nitrogens is 1. The molecule has 0 unspecified atom stereocenters. The molecule has 0 fully saturated rings. The van der Waals surface area contributed by atoms with E-state index in [1.807, 2.05) is 22.7 Å². The third kappa shape index (κ3) is 5.13. The maximum atomic E-state index is 2.49. The molecule has 0 atom stereocenters. The van der Waals surface area contributed by atoms with Gasteiger partial charge in [-0.15, -0.1) is 22.7 Å². The third-order valence-electron chi connectivity index (χ3n) is 13.2. The molecule has 0 saturated carbocycles. The van der Waals surface area contributed by atoms with E-state index < -0.39 is 0 Å². The molecule has 0 aliphatic heterocycles.